The van der Waals surface area contributed by atoms with Crippen LogP contribution in [-0.4, -0.2) is 45.1 Å². The van der Waals surface area contributed by atoms with Crippen LogP contribution in [0.1, 0.15) is 17.2 Å². The molecule has 1 N–H and O–H groups in total. The van der Waals surface area contributed by atoms with Crippen molar-refractivity contribution in [1.29, 1.82) is 0 Å². The first-order valence-electron chi connectivity index (χ1n) is 10.9. The Bertz CT molecular complexity index is 1370. The average molecular weight is 527 g/mol. The monoisotopic (exact) mass is 526 g/mol. The Labute approximate surface area is 219 Å². The van der Waals surface area contributed by atoms with Crippen molar-refractivity contribution < 1.29 is 24.2 Å². The molecule has 3 aromatic carbocycles. The molecule has 1 atom stereocenters. The van der Waals surface area contributed by atoms with Crippen LogP contribution in [0.2, 0.25) is 10.0 Å². The van der Waals surface area contributed by atoms with Crippen LogP contribution in [-0.2, 0) is 9.59 Å². The minimum atomic E-state index is -0.937. The lowest BCUT2D eigenvalue weighted by Crippen LogP contribution is -2.29. The van der Waals surface area contributed by atoms with E-state index in [9.17, 15) is 14.7 Å². The number of methoxy groups -OCH3 is 2. The van der Waals surface area contributed by atoms with Crippen molar-refractivity contribution in [2.75, 3.05) is 38.1 Å². The van der Waals surface area contributed by atoms with Crippen molar-refractivity contribution in [3.8, 4) is 11.5 Å². The molecule has 186 valence electrons. The molecule has 0 spiro atoms. The summed E-state index contributed by atoms with van der Waals surface area (Å²) in [5.74, 6) is -1.20. The summed E-state index contributed by atoms with van der Waals surface area (Å²) in [5, 5.41) is 11.8. The number of aliphatic hydroxyl groups excluding tert-OH is 1. The molecule has 1 heterocycles. The van der Waals surface area contributed by atoms with Crippen LogP contribution in [0.5, 0.6) is 11.5 Å². The molecule has 0 radical (unpaired) electrons. The standard InChI is InChI=1S/C27H24Cl2N2O5/c1-30(2)16-7-5-15(6-8-16)24-23(25(32)19-14-18(35-3)10-11-20(19)28)26(33)27(34)31(24)17-9-12-22(36-4)21(29)13-17/h5-14,24,32H,1-4H3/b25-23+. The highest BCUT2D eigenvalue weighted by molar-refractivity contribution is 6.52. The van der Waals surface area contributed by atoms with Crippen molar-refractivity contribution >= 4 is 52.0 Å². The number of benzene rings is 3. The van der Waals surface area contributed by atoms with Gasteiger partial charge in [-0.05, 0) is 54.1 Å². The predicted octanol–water partition coefficient (Wildman–Crippen LogP) is 5.70. The van der Waals surface area contributed by atoms with E-state index in [0.29, 0.717) is 22.7 Å². The first-order chi connectivity index (χ1) is 17.2. The van der Waals surface area contributed by atoms with Crippen molar-refractivity contribution in [3.63, 3.8) is 0 Å². The lowest BCUT2D eigenvalue weighted by atomic mass is 9.94. The van der Waals surface area contributed by atoms with Crippen LogP contribution in [0.4, 0.5) is 11.4 Å². The van der Waals surface area contributed by atoms with E-state index >= 15 is 0 Å². The molecule has 1 aliphatic rings. The number of rotatable bonds is 6. The van der Waals surface area contributed by atoms with Crippen LogP contribution in [0.25, 0.3) is 5.76 Å². The lowest BCUT2D eigenvalue weighted by Gasteiger charge is -2.26. The van der Waals surface area contributed by atoms with Gasteiger partial charge < -0.3 is 19.5 Å². The third kappa shape index (κ3) is 4.47. The average Bonchev–Trinajstić information content (AvgIpc) is 3.14. The van der Waals surface area contributed by atoms with E-state index in [4.69, 9.17) is 32.7 Å². The van der Waals surface area contributed by atoms with Gasteiger partial charge >= 0.3 is 0 Å². The number of halogens is 2. The number of amides is 1. The number of aliphatic hydroxyl groups is 1. The summed E-state index contributed by atoms with van der Waals surface area (Å²) < 4.78 is 10.5. The summed E-state index contributed by atoms with van der Waals surface area (Å²) in [6.45, 7) is 0. The summed E-state index contributed by atoms with van der Waals surface area (Å²) >= 11 is 12.7. The SMILES string of the molecule is COc1ccc(Cl)c(/C(O)=C2\C(=O)C(=O)N(c3ccc(OC)c(Cl)c3)C2c2ccc(N(C)C)cc2)c1. The largest absolute Gasteiger partial charge is 0.507 e. The summed E-state index contributed by atoms with van der Waals surface area (Å²) in [4.78, 5) is 30.0. The van der Waals surface area contributed by atoms with Gasteiger partial charge in [0.1, 0.15) is 17.3 Å². The molecule has 4 rings (SSSR count). The van der Waals surface area contributed by atoms with Gasteiger partial charge in [-0.3, -0.25) is 14.5 Å². The van der Waals surface area contributed by atoms with Gasteiger partial charge in [-0.2, -0.15) is 0 Å². The molecule has 0 bridgehead atoms. The van der Waals surface area contributed by atoms with E-state index in [1.54, 1.807) is 30.3 Å². The van der Waals surface area contributed by atoms with Gasteiger partial charge in [-0.15, -0.1) is 0 Å². The van der Waals surface area contributed by atoms with Crippen molar-refractivity contribution in [1.82, 2.24) is 0 Å². The van der Waals surface area contributed by atoms with Gasteiger partial charge in [0.15, 0.2) is 0 Å². The molecule has 0 saturated carbocycles. The fraction of sp³-hybridized carbons (Fsp3) is 0.185. The topological polar surface area (TPSA) is 79.3 Å². The molecule has 0 aromatic heterocycles. The minimum Gasteiger partial charge on any atom is -0.507 e. The molecule has 1 aliphatic heterocycles. The van der Waals surface area contributed by atoms with Crippen LogP contribution in [0.3, 0.4) is 0 Å². The molecule has 1 saturated heterocycles. The van der Waals surface area contributed by atoms with E-state index in [-0.39, 0.29) is 21.2 Å². The quantitative estimate of drug-likeness (QED) is 0.252. The summed E-state index contributed by atoms with van der Waals surface area (Å²) in [6.07, 6.45) is 0. The maximum Gasteiger partial charge on any atom is 0.300 e. The Morgan fingerprint density at radius 1 is 0.917 bits per heavy atom. The minimum absolute atomic E-state index is 0.0975. The summed E-state index contributed by atoms with van der Waals surface area (Å²) in [5.41, 5.74) is 2.00. The van der Waals surface area contributed by atoms with Gasteiger partial charge in [0.05, 0.1) is 35.9 Å². The zero-order valence-corrected chi connectivity index (χ0v) is 21.6. The molecule has 3 aromatic rings. The Morgan fingerprint density at radius 2 is 1.61 bits per heavy atom. The van der Waals surface area contributed by atoms with Crippen LogP contribution in [0.15, 0.2) is 66.2 Å². The number of hydrogen-bond acceptors (Lipinski definition) is 6. The third-order valence-electron chi connectivity index (χ3n) is 6.01. The van der Waals surface area contributed by atoms with Gasteiger partial charge in [0.2, 0.25) is 0 Å². The zero-order valence-electron chi connectivity index (χ0n) is 20.1. The van der Waals surface area contributed by atoms with E-state index < -0.39 is 23.5 Å². The first-order valence-corrected chi connectivity index (χ1v) is 11.7. The Kier molecular flexibility index (Phi) is 7.15. The zero-order chi connectivity index (χ0) is 26.1. The maximum absolute atomic E-state index is 13.4. The van der Waals surface area contributed by atoms with Gasteiger partial charge in [0, 0.05) is 31.0 Å². The summed E-state index contributed by atoms with van der Waals surface area (Å²) in [7, 11) is 6.78. The number of anilines is 2. The maximum atomic E-state index is 13.4. The highest BCUT2D eigenvalue weighted by Gasteiger charge is 2.47. The number of carbonyl (C=O) groups excluding carboxylic acids is 2. The highest BCUT2D eigenvalue weighted by Crippen LogP contribution is 2.44. The molecular weight excluding hydrogens is 503 g/mol. The number of Topliss-reactive ketones (excluding diaryl/α,β-unsaturated/α-hetero) is 1. The van der Waals surface area contributed by atoms with Crippen LogP contribution in [0, 0.1) is 0 Å². The molecule has 9 heteroatoms. The molecule has 1 fully saturated rings. The normalized spacial score (nSPS) is 16.8. The number of carbonyl (C=O) groups is 2. The summed E-state index contributed by atoms with van der Waals surface area (Å²) in [6, 6.07) is 15.9. The van der Waals surface area contributed by atoms with E-state index in [2.05, 4.69) is 0 Å². The predicted molar refractivity (Wildman–Crippen MR) is 142 cm³/mol. The first kappa shape index (κ1) is 25.4. The smallest absolute Gasteiger partial charge is 0.300 e. The Hall–Kier alpha value is -3.68. The molecule has 36 heavy (non-hydrogen) atoms. The molecular formula is C27H24Cl2N2O5. The second-order valence-corrected chi connectivity index (χ2v) is 9.13. The van der Waals surface area contributed by atoms with Crippen molar-refractivity contribution in [3.05, 3.63) is 87.4 Å². The lowest BCUT2D eigenvalue weighted by molar-refractivity contribution is -0.132. The van der Waals surface area contributed by atoms with Crippen LogP contribution < -0.4 is 19.3 Å². The van der Waals surface area contributed by atoms with Gasteiger partial charge in [-0.25, -0.2) is 0 Å². The van der Waals surface area contributed by atoms with E-state index in [0.717, 1.165) is 5.69 Å². The molecule has 1 amide bonds. The van der Waals surface area contributed by atoms with Crippen molar-refractivity contribution in [2.45, 2.75) is 6.04 Å². The number of hydrogen-bond donors (Lipinski definition) is 1. The second-order valence-electron chi connectivity index (χ2n) is 8.32. The third-order valence-corrected chi connectivity index (χ3v) is 6.64. The van der Waals surface area contributed by atoms with Crippen LogP contribution >= 0.6 is 23.2 Å². The Balaban J connectivity index is 1.96. The van der Waals surface area contributed by atoms with Crippen molar-refractivity contribution in [2.24, 2.45) is 0 Å². The molecule has 1 unspecified atom stereocenters. The fourth-order valence-corrected chi connectivity index (χ4v) is 4.59. The van der Waals surface area contributed by atoms with E-state index in [1.807, 2.05) is 43.3 Å². The van der Waals surface area contributed by atoms with Gasteiger partial charge in [-0.1, -0.05) is 35.3 Å². The number of ketones is 1. The number of nitrogens with zero attached hydrogens (tertiary/aromatic N) is 2. The second kappa shape index (κ2) is 10.1. The highest BCUT2D eigenvalue weighted by atomic mass is 35.5. The number of ether oxygens (including phenoxy) is 2. The molecule has 0 aliphatic carbocycles. The fourth-order valence-electron chi connectivity index (χ4n) is 4.13. The van der Waals surface area contributed by atoms with Gasteiger partial charge in [0.25, 0.3) is 11.7 Å². The van der Waals surface area contributed by atoms with E-state index in [1.165, 1.54) is 25.2 Å². The Morgan fingerprint density at radius 3 is 2.19 bits per heavy atom. The molecule has 7 nitrogen and oxygen atoms in total.